The summed E-state index contributed by atoms with van der Waals surface area (Å²) >= 11 is 0. The molecule has 0 aromatic heterocycles. The number of hydrogen-bond donors (Lipinski definition) is 0. The van der Waals surface area contributed by atoms with Gasteiger partial charge >= 0.3 is 0 Å². The van der Waals surface area contributed by atoms with E-state index in [0.29, 0.717) is 5.56 Å². The van der Waals surface area contributed by atoms with Crippen molar-refractivity contribution >= 4 is 0 Å². The summed E-state index contributed by atoms with van der Waals surface area (Å²) in [5, 5.41) is 0. The standard InChI is InChI=1S/C19H25F3/c1-2-3-4-5-6-7-14-8-10-15(11-9-14)16-12-17(20)19(22)18(21)13-16/h3-4,12-15H,2,5-11H2,1H3/b4-3+. The predicted molar refractivity (Wildman–Crippen MR) is 84.3 cm³/mol. The van der Waals surface area contributed by atoms with Crippen LogP contribution in [0.3, 0.4) is 0 Å². The Morgan fingerprint density at radius 1 is 1.00 bits per heavy atom. The molecule has 0 spiro atoms. The zero-order chi connectivity index (χ0) is 15.9. The van der Waals surface area contributed by atoms with Gasteiger partial charge in [0.2, 0.25) is 0 Å². The zero-order valence-electron chi connectivity index (χ0n) is 13.3. The van der Waals surface area contributed by atoms with Crippen LogP contribution in [0.15, 0.2) is 24.3 Å². The van der Waals surface area contributed by atoms with Crippen LogP contribution in [0, 0.1) is 23.4 Å². The van der Waals surface area contributed by atoms with E-state index < -0.39 is 17.5 Å². The van der Waals surface area contributed by atoms with Crippen LogP contribution in [0.5, 0.6) is 0 Å². The lowest BCUT2D eigenvalue weighted by Gasteiger charge is -2.29. The van der Waals surface area contributed by atoms with Gasteiger partial charge in [0.25, 0.3) is 0 Å². The predicted octanol–water partition coefficient (Wildman–Crippen LogP) is 6.51. The minimum Gasteiger partial charge on any atom is -0.204 e. The van der Waals surface area contributed by atoms with Gasteiger partial charge in [-0.15, -0.1) is 0 Å². The molecule has 122 valence electrons. The van der Waals surface area contributed by atoms with Crippen molar-refractivity contribution in [3.05, 3.63) is 47.3 Å². The normalized spacial score (nSPS) is 22.4. The van der Waals surface area contributed by atoms with Gasteiger partial charge in [-0.25, -0.2) is 13.2 Å². The maximum Gasteiger partial charge on any atom is 0.194 e. The second kappa shape index (κ2) is 8.40. The summed E-state index contributed by atoms with van der Waals surface area (Å²) in [4.78, 5) is 0. The summed E-state index contributed by atoms with van der Waals surface area (Å²) in [6.45, 7) is 2.14. The monoisotopic (exact) mass is 310 g/mol. The fourth-order valence-corrected chi connectivity index (χ4v) is 3.40. The van der Waals surface area contributed by atoms with Crippen molar-refractivity contribution in [1.82, 2.24) is 0 Å². The summed E-state index contributed by atoms with van der Waals surface area (Å²) < 4.78 is 39.6. The Hall–Kier alpha value is -1.25. The van der Waals surface area contributed by atoms with Gasteiger partial charge in [0.15, 0.2) is 17.5 Å². The number of benzene rings is 1. The molecular weight excluding hydrogens is 285 g/mol. The molecule has 0 nitrogen and oxygen atoms in total. The molecule has 0 aliphatic heterocycles. The van der Waals surface area contributed by atoms with Gasteiger partial charge in [-0.05, 0) is 74.5 Å². The largest absolute Gasteiger partial charge is 0.204 e. The Balaban J connectivity index is 1.81. The van der Waals surface area contributed by atoms with Crippen LogP contribution in [0.25, 0.3) is 0 Å². The van der Waals surface area contributed by atoms with E-state index in [0.717, 1.165) is 44.4 Å². The highest BCUT2D eigenvalue weighted by molar-refractivity contribution is 5.23. The van der Waals surface area contributed by atoms with Crippen LogP contribution in [0.4, 0.5) is 13.2 Å². The number of hydrogen-bond acceptors (Lipinski definition) is 0. The highest BCUT2D eigenvalue weighted by Crippen LogP contribution is 2.38. The molecule has 2 rings (SSSR count). The topological polar surface area (TPSA) is 0 Å². The summed E-state index contributed by atoms with van der Waals surface area (Å²) in [7, 11) is 0. The second-order valence-corrected chi connectivity index (χ2v) is 6.33. The van der Waals surface area contributed by atoms with Gasteiger partial charge in [0.05, 0.1) is 0 Å². The van der Waals surface area contributed by atoms with Gasteiger partial charge in [0.1, 0.15) is 0 Å². The molecule has 1 saturated carbocycles. The van der Waals surface area contributed by atoms with Crippen molar-refractivity contribution in [1.29, 1.82) is 0 Å². The van der Waals surface area contributed by atoms with Crippen molar-refractivity contribution in [2.45, 2.75) is 64.2 Å². The third-order valence-electron chi connectivity index (χ3n) is 4.71. The molecule has 0 atom stereocenters. The highest BCUT2D eigenvalue weighted by atomic mass is 19.2. The Morgan fingerprint density at radius 3 is 2.23 bits per heavy atom. The van der Waals surface area contributed by atoms with E-state index in [2.05, 4.69) is 19.1 Å². The third kappa shape index (κ3) is 4.62. The van der Waals surface area contributed by atoms with Gasteiger partial charge in [-0.1, -0.05) is 25.5 Å². The first-order valence-electron chi connectivity index (χ1n) is 8.41. The SMILES string of the molecule is CC/C=C/CCCC1CCC(c2cc(F)c(F)c(F)c2)CC1. The van der Waals surface area contributed by atoms with Crippen LogP contribution in [0.2, 0.25) is 0 Å². The second-order valence-electron chi connectivity index (χ2n) is 6.33. The molecule has 0 saturated heterocycles. The number of unbranched alkanes of at least 4 members (excludes halogenated alkanes) is 1. The molecule has 0 radical (unpaired) electrons. The molecule has 0 bridgehead atoms. The minimum absolute atomic E-state index is 0.167. The smallest absolute Gasteiger partial charge is 0.194 e. The van der Waals surface area contributed by atoms with E-state index in [1.54, 1.807) is 0 Å². The van der Waals surface area contributed by atoms with Crippen molar-refractivity contribution in [2.24, 2.45) is 5.92 Å². The quantitative estimate of drug-likeness (QED) is 0.319. The van der Waals surface area contributed by atoms with Crippen LogP contribution >= 0.6 is 0 Å². The van der Waals surface area contributed by atoms with Gasteiger partial charge in [-0.2, -0.15) is 0 Å². The average molecular weight is 310 g/mol. The van der Waals surface area contributed by atoms with Gasteiger partial charge in [0, 0.05) is 0 Å². The number of rotatable bonds is 6. The molecule has 0 heterocycles. The molecule has 3 heteroatoms. The number of allylic oxidation sites excluding steroid dienone is 2. The molecule has 0 unspecified atom stereocenters. The van der Waals surface area contributed by atoms with Crippen LogP contribution in [0.1, 0.15) is 69.8 Å². The lowest BCUT2D eigenvalue weighted by Crippen LogP contribution is -2.14. The molecule has 22 heavy (non-hydrogen) atoms. The molecule has 1 aromatic rings. The average Bonchev–Trinajstić information content (AvgIpc) is 2.52. The fraction of sp³-hybridized carbons (Fsp3) is 0.579. The van der Waals surface area contributed by atoms with E-state index in [-0.39, 0.29) is 5.92 Å². The first-order chi connectivity index (χ1) is 10.6. The number of halogens is 3. The van der Waals surface area contributed by atoms with Crippen molar-refractivity contribution < 1.29 is 13.2 Å². The van der Waals surface area contributed by atoms with Crippen molar-refractivity contribution in [3.63, 3.8) is 0 Å². The van der Waals surface area contributed by atoms with E-state index in [9.17, 15) is 13.2 Å². The lowest BCUT2D eigenvalue weighted by atomic mass is 9.77. The van der Waals surface area contributed by atoms with E-state index in [4.69, 9.17) is 0 Å². The minimum atomic E-state index is -1.36. The lowest BCUT2D eigenvalue weighted by molar-refractivity contribution is 0.304. The summed E-state index contributed by atoms with van der Waals surface area (Å²) in [6.07, 6.45) is 13.2. The summed E-state index contributed by atoms with van der Waals surface area (Å²) in [5.41, 5.74) is 0.612. The summed E-state index contributed by atoms with van der Waals surface area (Å²) in [6, 6.07) is 2.33. The highest BCUT2D eigenvalue weighted by Gasteiger charge is 2.24. The fourth-order valence-electron chi connectivity index (χ4n) is 3.40. The Kier molecular flexibility index (Phi) is 6.53. The Bertz CT molecular complexity index is 476. The first kappa shape index (κ1) is 17.1. The van der Waals surface area contributed by atoms with Gasteiger partial charge in [-0.3, -0.25) is 0 Å². The van der Waals surface area contributed by atoms with Crippen molar-refractivity contribution in [3.8, 4) is 0 Å². The van der Waals surface area contributed by atoms with Crippen LogP contribution in [-0.4, -0.2) is 0 Å². The zero-order valence-corrected chi connectivity index (χ0v) is 13.3. The third-order valence-corrected chi connectivity index (χ3v) is 4.71. The Labute approximate surface area is 131 Å². The summed E-state index contributed by atoms with van der Waals surface area (Å²) in [5.74, 6) is -2.61. The first-order valence-corrected chi connectivity index (χ1v) is 8.41. The van der Waals surface area contributed by atoms with Crippen LogP contribution in [-0.2, 0) is 0 Å². The van der Waals surface area contributed by atoms with Crippen LogP contribution < -0.4 is 0 Å². The van der Waals surface area contributed by atoms with Crippen molar-refractivity contribution in [2.75, 3.05) is 0 Å². The molecule has 1 fully saturated rings. The molecular formula is C19H25F3. The van der Waals surface area contributed by atoms with Gasteiger partial charge < -0.3 is 0 Å². The van der Waals surface area contributed by atoms with E-state index in [1.807, 2.05) is 0 Å². The van der Waals surface area contributed by atoms with E-state index >= 15 is 0 Å². The van der Waals surface area contributed by atoms with E-state index in [1.165, 1.54) is 25.0 Å². The molecule has 0 N–H and O–H groups in total. The maximum absolute atomic E-state index is 13.3. The Morgan fingerprint density at radius 2 is 1.64 bits per heavy atom. The molecule has 1 aliphatic rings. The molecule has 1 aliphatic carbocycles. The maximum atomic E-state index is 13.3. The molecule has 1 aromatic carbocycles. The molecule has 0 amide bonds.